The molecule has 1 unspecified atom stereocenters. The van der Waals surface area contributed by atoms with E-state index in [1.807, 2.05) is 18.2 Å². The lowest BCUT2D eigenvalue weighted by atomic mass is 10.1. The second-order valence-electron chi connectivity index (χ2n) is 5.97. The molecule has 1 N–H and O–H groups in total. The first kappa shape index (κ1) is 15.6. The summed E-state index contributed by atoms with van der Waals surface area (Å²) in [6.45, 7) is 2.17. The number of rotatable bonds is 5. The van der Waals surface area contributed by atoms with Crippen molar-refractivity contribution in [2.24, 2.45) is 5.92 Å². The molecule has 1 amide bonds. The molecule has 124 valence electrons. The number of carbonyl (C=O) groups is 2. The highest BCUT2D eigenvalue weighted by Gasteiger charge is 2.27. The Kier molecular flexibility index (Phi) is 4.69. The van der Waals surface area contributed by atoms with Crippen LogP contribution in [0, 0.1) is 5.92 Å². The summed E-state index contributed by atoms with van der Waals surface area (Å²) in [5.74, 6) is 0.790. The third-order valence-electron chi connectivity index (χ3n) is 4.25. The van der Waals surface area contributed by atoms with Crippen LogP contribution in [0.1, 0.15) is 38.2 Å². The molecule has 1 aliphatic heterocycles. The van der Waals surface area contributed by atoms with Crippen LogP contribution in [0.5, 0.6) is 11.5 Å². The Morgan fingerprint density at radius 2 is 2.00 bits per heavy atom. The van der Waals surface area contributed by atoms with Gasteiger partial charge in [-0.25, -0.2) is 0 Å². The van der Waals surface area contributed by atoms with Crippen LogP contribution in [0.4, 0.5) is 0 Å². The minimum Gasteiger partial charge on any atom is -0.454 e. The van der Waals surface area contributed by atoms with Crippen molar-refractivity contribution in [3.8, 4) is 11.5 Å². The molecule has 0 spiro atoms. The number of nitrogens with one attached hydrogen (secondary N) is 1. The maximum absolute atomic E-state index is 12.1. The summed E-state index contributed by atoms with van der Waals surface area (Å²) in [4.78, 5) is 24.0. The molecule has 1 aromatic carbocycles. The van der Waals surface area contributed by atoms with Gasteiger partial charge in [-0.2, -0.15) is 0 Å². The molecule has 0 radical (unpaired) electrons. The summed E-state index contributed by atoms with van der Waals surface area (Å²) in [5, 5.41) is 2.77. The van der Waals surface area contributed by atoms with Crippen molar-refractivity contribution in [2.45, 2.75) is 45.3 Å². The fourth-order valence-electron chi connectivity index (χ4n) is 2.87. The number of hydrogen-bond donors (Lipinski definition) is 1. The molecule has 1 fully saturated rings. The normalized spacial score (nSPS) is 17.8. The number of fused-ring (bicyclic) bond motifs is 1. The highest BCUT2D eigenvalue weighted by atomic mass is 16.7. The molecule has 1 aliphatic carbocycles. The standard InChI is InChI=1S/C17H21NO5/c1-11(23-17(20)13-4-2-3-5-13)16(19)18-9-12-6-7-14-15(8-12)22-10-21-14/h6-8,11,13H,2-5,9-10H2,1H3,(H,18,19). The highest BCUT2D eigenvalue weighted by Crippen LogP contribution is 2.32. The fraction of sp³-hybridized carbons (Fsp3) is 0.529. The van der Waals surface area contributed by atoms with Gasteiger partial charge in [-0.15, -0.1) is 0 Å². The van der Waals surface area contributed by atoms with Gasteiger partial charge in [0.15, 0.2) is 17.6 Å². The van der Waals surface area contributed by atoms with Gasteiger partial charge < -0.3 is 19.5 Å². The molecule has 6 heteroatoms. The van der Waals surface area contributed by atoms with Crippen LogP contribution in [-0.4, -0.2) is 24.8 Å². The van der Waals surface area contributed by atoms with Crippen molar-refractivity contribution < 1.29 is 23.8 Å². The summed E-state index contributed by atoms with van der Waals surface area (Å²) in [6.07, 6.45) is 3.07. The minimum absolute atomic E-state index is 0.0425. The van der Waals surface area contributed by atoms with Gasteiger partial charge in [-0.05, 0) is 37.5 Å². The van der Waals surface area contributed by atoms with Crippen LogP contribution < -0.4 is 14.8 Å². The Morgan fingerprint density at radius 3 is 2.78 bits per heavy atom. The third-order valence-corrected chi connectivity index (χ3v) is 4.25. The molecule has 1 heterocycles. The molecule has 2 aliphatic rings. The van der Waals surface area contributed by atoms with E-state index in [0.29, 0.717) is 18.0 Å². The summed E-state index contributed by atoms with van der Waals surface area (Å²) in [5.41, 5.74) is 0.900. The van der Waals surface area contributed by atoms with Gasteiger partial charge in [0.2, 0.25) is 6.79 Å². The van der Waals surface area contributed by atoms with Crippen molar-refractivity contribution in [3.63, 3.8) is 0 Å². The Balaban J connectivity index is 1.47. The summed E-state index contributed by atoms with van der Waals surface area (Å²) >= 11 is 0. The van der Waals surface area contributed by atoms with Crippen LogP contribution in [0.3, 0.4) is 0 Å². The lowest BCUT2D eigenvalue weighted by Crippen LogP contribution is -2.36. The van der Waals surface area contributed by atoms with Gasteiger partial charge in [0, 0.05) is 6.54 Å². The Bertz CT molecular complexity index is 595. The quantitative estimate of drug-likeness (QED) is 0.842. The van der Waals surface area contributed by atoms with Crippen LogP contribution in [0.25, 0.3) is 0 Å². The number of esters is 1. The molecule has 1 saturated carbocycles. The molecular formula is C17H21NO5. The Morgan fingerprint density at radius 1 is 1.26 bits per heavy atom. The average molecular weight is 319 g/mol. The van der Waals surface area contributed by atoms with Crippen LogP contribution in [-0.2, 0) is 20.9 Å². The van der Waals surface area contributed by atoms with Gasteiger partial charge >= 0.3 is 5.97 Å². The van der Waals surface area contributed by atoms with Gasteiger partial charge in [0.1, 0.15) is 0 Å². The van der Waals surface area contributed by atoms with Gasteiger partial charge in [0.05, 0.1) is 5.92 Å². The SMILES string of the molecule is CC(OC(=O)C1CCCC1)C(=O)NCc1ccc2c(c1)OCO2. The first-order chi connectivity index (χ1) is 11.1. The molecule has 0 aromatic heterocycles. The third kappa shape index (κ3) is 3.75. The molecule has 3 rings (SSSR count). The maximum Gasteiger partial charge on any atom is 0.309 e. The number of benzene rings is 1. The molecule has 23 heavy (non-hydrogen) atoms. The van der Waals surface area contributed by atoms with Gasteiger partial charge in [0.25, 0.3) is 5.91 Å². The van der Waals surface area contributed by atoms with E-state index in [9.17, 15) is 9.59 Å². The average Bonchev–Trinajstić information content (AvgIpc) is 3.22. The second kappa shape index (κ2) is 6.89. The lowest BCUT2D eigenvalue weighted by Gasteiger charge is -2.16. The molecule has 6 nitrogen and oxygen atoms in total. The van der Waals surface area contributed by atoms with E-state index in [4.69, 9.17) is 14.2 Å². The maximum atomic E-state index is 12.1. The monoisotopic (exact) mass is 319 g/mol. The number of ether oxygens (including phenoxy) is 3. The zero-order chi connectivity index (χ0) is 16.2. The number of hydrogen-bond acceptors (Lipinski definition) is 5. The van der Waals surface area contributed by atoms with E-state index < -0.39 is 6.10 Å². The predicted octanol–water partition coefficient (Wildman–Crippen LogP) is 2.15. The van der Waals surface area contributed by atoms with Crippen molar-refractivity contribution in [1.29, 1.82) is 0 Å². The van der Waals surface area contributed by atoms with Crippen molar-refractivity contribution in [1.82, 2.24) is 5.32 Å². The van der Waals surface area contributed by atoms with Gasteiger partial charge in [-0.1, -0.05) is 18.9 Å². The first-order valence-electron chi connectivity index (χ1n) is 8.00. The largest absolute Gasteiger partial charge is 0.454 e. The van der Waals surface area contributed by atoms with E-state index in [-0.39, 0.29) is 24.6 Å². The summed E-state index contributed by atoms with van der Waals surface area (Å²) in [7, 11) is 0. The summed E-state index contributed by atoms with van der Waals surface area (Å²) in [6, 6.07) is 5.51. The minimum atomic E-state index is -0.780. The second-order valence-corrected chi connectivity index (χ2v) is 5.97. The zero-order valence-electron chi connectivity index (χ0n) is 13.2. The topological polar surface area (TPSA) is 73.9 Å². The Labute approximate surface area is 135 Å². The highest BCUT2D eigenvalue weighted by molar-refractivity contribution is 5.84. The van der Waals surface area contributed by atoms with E-state index in [0.717, 1.165) is 31.2 Å². The van der Waals surface area contributed by atoms with Crippen molar-refractivity contribution >= 4 is 11.9 Å². The van der Waals surface area contributed by atoms with E-state index in [1.165, 1.54) is 0 Å². The van der Waals surface area contributed by atoms with E-state index >= 15 is 0 Å². The summed E-state index contributed by atoms with van der Waals surface area (Å²) < 4.78 is 15.8. The van der Waals surface area contributed by atoms with E-state index in [1.54, 1.807) is 6.92 Å². The van der Waals surface area contributed by atoms with Crippen molar-refractivity contribution in [2.75, 3.05) is 6.79 Å². The molecular weight excluding hydrogens is 298 g/mol. The smallest absolute Gasteiger partial charge is 0.309 e. The van der Waals surface area contributed by atoms with Crippen molar-refractivity contribution in [3.05, 3.63) is 23.8 Å². The first-order valence-corrected chi connectivity index (χ1v) is 8.00. The zero-order valence-corrected chi connectivity index (χ0v) is 13.2. The van der Waals surface area contributed by atoms with E-state index in [2.05, 4.69) is 5.32 Å². The molecule has 0 saturated heterocycles. The molecule has 0 bridgehead atoms. The number of amides is 1. The predicted molar refractivity (Wildman–Crippen MR) is 81.9 cm³/mol. The fourth-order valence-corrected chi connectivity index (χ4v) is 2.87. The Hall–Kier alpha value is -2.24. The molecule has 1 atom stereocenters. The van der Waals surface area contributed by atoms with Crippen LogP contribution in [0.15, 0.2) is 18.2 Å². The lowest BCUT2D eigenvalue weighted by molar-refractivity contribution is -0.158. The van der Waals surface area contributed by atoms with Crippen LogP contribution >= 0.6 is 0 Å². The van der Waals surface area contributed by atoms with Crippen LogP contribution in [0.2, 0.25) is 0 Å². The number of carbonyl (C=O) groups excluding carboxylic acids is 2. The molecule has 1 aromatic rings. The van der Waals surface area contributed by atoms with Gasteiger partial charge in [-0.3, -0.25) is 9.59 Å².